The summed E-state index contributed by atoms with van der Waals surface area (Å²) in [6.07, 6.45) is 2.69. The Morgan fingerprint density at radius 3 is 2.39 bits per heavy atom. The summed E-state index contributed by atoms with van der Waals surface area (Å²) >= 11 is 0. The molecule has 2 aromatic rings. The maximum atomic E-state index is 12.3. The number of cyclic esters (lactones) is 1. The first kappa shape index (κ1) is 15.6. The smallest absolute Gasteiger partial charge is 0.410 e. The Labute approximate surface area is 137 Å². The van der Waals surface area contributed by atoms with E-state index in [1.165, 1.54) is 5.56 Å². The fraction of sp³-hybridized carbons (Fsp3) is 0.350. The Hall–Kier alpha value is -2.29. The van der Waals surface area contributed by atoms with Gasteiger partial charge in [-0.15, -0.1) is 0 Å². The molecule has 1 amide bonds. The van der Waals surface area contributed by atoms with Crippen molar-refractivity contribution in [2.45, 2.75) is 38.3 Å². The van der Waals surface area contributed by atoms with Gasteiger partial charge >= 0.3 is 6.09 Å². The minimum absolute atomic E-state index is 0.0319. The minimum Gasteiger partial charge on any atom is -0.447 e. The van der Waals surface area contributed by atoms with Crippen LogP contribution < -0.4 is 0 Å². The SMILES string of the molecule is CC[C@@H](CCc1ccccc1)N1C(=O)OC[C@H]1c1ccccc1. The van der Waals surface area contributed by atoms with E-state index in [1.54, 1.807) is 0 Å². The molecule has 0 saturated carbocycles. The molecule has 1 aliphatic heterocycles. The van der Waals surface area contributed by atoms with Crippen molar-refractivity contribution in [3.8, 4) is 0 Å². The van der Waals surface area contributed by atoms with E-state index in [0.717, 1.165) is 24.8 Å². The van der Waals surface area contributed by atoms with Gasteiger partial charge in [0.2, 0.25) is 0 Å². The lowest BCUT2D eigenvalue weighted by atomic mass is 9.99. The number of rotatable bonds is 6. The second-order valence-electron chi connectivity index (χ2n) is 6.00. The number of carbonyl (C=O) groups is 1. The lowest BCUT2D eigenvalue weighted by Gasteiger charge is -2.30. The van der Waals surface area contributed by atoms with Gasteiger partial charge in [-0.2, -0.15) is 0 Å². The number of hydrogen-bond donors (Lipinski definition) is 0. The predicted molar refractivity (Wildman–Crippen MR) is 91.2 cm³/mol. The van der Waals surface area contributed by atoms with Crippen LogP contribution in [0.1, 0.15) is 36.9 Å². The largest absolute Gasteiger partial charge is 0.447 e. The van der Waals surface area contributed by atoms with Gasteiger partial charge in [0.05, 0.1) is 6.04 Å². The molecule has 120 valence electrons. The van der Waals surface area contributed by atoms with Crippen LogP contribution in [0.15, 0.2) is 60.7 Å². The van der Waals surface area contributed by atoms with E-state index in [2.05, 4.69) is 43.3 Å². The van der Waals surface area contributed by atoms with Crippen LogP contribution in [0.5, 0.6) is 0 Å². The zero-order valence-electron chi connectivity index (χ0n) is 13.5. The van der Waals surface area contributed by atoms with Crippen molar-refractivity contribution < 1.29 is 9.53 Å². The van der Waals surface area contributed by atoms with Gasteiger partial charge in [-0.25, -0.2) is 4.79 Å². The molecule has 3 heteroatoms. The molecule has 1 heterocycles. The summed E-state index contributed by atoms with van der Waals surface area (Å²) < 4.78 is 5.35. The monoisotopic (exact) mass is 309 g/mol. The fourth-order valence-electron chi connectivity index (χ4n) is 3.29. The molecule has 3 nitrogen and oxygen atoms in total. The third kappa shape index (κ3) is 3.55. The Morgan fingerprint density at radius 1 is 1.09 bits per heavy atom. The first-order valence-electron chi connectivity index (χ1n) is 8.33. The van der Waals surface area contributed by atoms with Gasteiger partial charge in [-0.3, -0.25) is 4.90 Å². The van der Waals surface area contributed by atoms with Crippen LogP contribution >= 0.6 is 0 Å². The first-order chi connectivity index (χ1) is 11.3. The highest BCUT2D eigenvalue weighted by Crippen LogP contribution is 2.32. The van der Waals surface area contributed by atoms with Crippen molar-refractivity contribution in [1.82, 2.24) is 4.90 Å². The van der Waals surface area contributed by atoms with E-state index in [9.17, 15) is 4.79 Å². The quantitative estimate of drug-likeness (QED) is 0.781. The topological polar surface area (TPSA) is 29.5 Å². The van der Waals surface area contributed by atoms with Crippen molar-refractivity contribution in [3.63, 3.8) is 0 Å². The van der Waals surface area contributed by atoms with Crippen LogP contribution in [-0.2, 0) is 11.2 Å². The summed E-state index contributed by atoms with van der Waals surface area (Å²) in [5, 5.41) is 0. The number of ether oxygens (including phenoxy) is 1. The maximum Gasteiger partial charge on any atom is 0.410 e. The molecule has 2 aromatic carbocycles. The predicted octanol–water partition coefficient (Wildman–Crippen LogP) is 4.59. The highest BCUT2D eigenvalue weighted by molar-refractivity contribution is 5.71. The van der Waals surface area contributed by atoms with Gasteiger partial charge in [0.1, 0.15) is 6.61 Å². The third-order valence-electron chi connectivity index (χ3n) is 4.57. The molecular weight excluding hydrogens is 286 g/mol. The number of amides is 1. The number of nitrogens with zero attached hydrogens (tertiary/aromatic N) is 1. The molecule has 1 fully saturated rings. The van der Waals surface area contributed by atoms with E-state index in [1.807, 2.05) is 29.2 Å². The summed E-state index contributed by atoms with van der Waals surface area (Å²) in [5.74, 6) is 0. The van der Waals surface area contributed by atoms with Crippen molar-refractivity contribution in [1.29, 1.82) is 0 Å². The average Bonchev–Trinajstić information content (AvgIpc) is 2.99. The molecule has 1 saturated heterocycles. The normalized spacial score (nSPS) is 18.7. The molecule has 1 aliphatic rings. The summed E-state index contributed by atoms with van der Waals surface area (Å²) in [4.78, 5) is 14.2. The molecule has 0 bridgehead atoms. The van der Waals surface area contributed by atoms with Crippen LogP contribution in [0, 0.1) is 0 Å². The summed E-state index contributed by atoms with van der Waals surface area (Å²) in [6.45, 7) is 2.59. The Morgan fingerprint density at radius 2 is 1.74 bits per heavy atom. The lowest BCUT2D eigenvalue weighted by Crippen LogP contribution is -2.38. The van der Waals surface area contributed by atoms with Crippen LogP contribution in [0.4, 0.5) is 4.79 Å². The zero-order chi connectivity index (χ0) is 16.1. The van der Waals surface area contributed by atoms with E-state index in [4.69, 9.17) is 4.74 Å². The van der Waals surface area contributed by atoms with Crippen molar-refractivity contribution in [3.05, 3.63) is 71.8 Å². The molecule has 0 N–H and O–H groups in total. The molecule has 0 aliphatic carbocycles. The second-order valence-corrected chi connectivity index (χ2v) is 6.00. The number of hydrogen-bond acceptors (Lipinski definition) is 2. The fourth-order valence-corrected chi connectivity index (χ4v) is 3.29. The number of aryl methyl sites for hydroxylation is 1. The molecule has 0 spiro atoms. The number of benzene rings is 2. The standard InChI is InChI=1S/C20H23NO2/c1-2-18(14-13-16-9-5-3-6-10-16)21-19(15-23-20(21)22)17-11-7-4-8-12-17/h3-12,18-19H,2,13-15H2,1H3/t18-,19-/m0/s1. The number of carbonyl (C=O) groups excluding carboxylic acids is 1. The van der Waals surface area contributed by atoms with Gasteiger partial charge < -0.3 is 4.74 Å². The summed E-state index contributed by atoms with van der Waals surface area (Å²) in [7, 11) is 0. The summed E-state index contributed by atoms with van der Waals surface area (Å²) in [5.41, 5.74) is 2.46. The molecule has 3 rings (SSSR count). The average molecular weight is 309 g/mol. The second kappa shape index (κ2) is 7.32. The minimum atomic E-state index is -0.182. The highest BCUT2D eigenvalue weighted by atomic mass is 16.6. The van der Waals surface area contributed by atoms with Crippen LogP contribution in [-0.4, -0.2) is 23.6 Å². The molecule has 0 unspecified atom stereocenters. The van der Waals surface area contributed by atoms with Crippen LogP contribution in [0.2, 0.25) is 0 Å². The Balaban J connectivity index is 1.74. The summed E-state index contributed by atoms with van der Waals surface area (Å²) in [6, 6.07) is 20.9. The van der Waals surface area contributed by atoms with Crippen LogP contribution in [0.3, 0.4) is 0 Å². The third-order valence-corrected chi connectivity index (χ3v) is 4.57. The van der Waals surface area contributed by atoms with Crippen LogP contribution in [0.25, 0.3) is 0 Å². The van der Waals surface area contributed by atoms with Gasteiger partial charge in [0, 0.05) is 6.04 Å². The maximum absolute atomic E-state index is 12.3. The van der Waals surface area contributed by atoms with Crippen molar-refractivity contribution in [2.75, 3.05) is 6.61 Å². The van der Waals surface area contributed by atoms with Crippen molar-refractivity contribution in [2.24, 2.45) is 0 Å². The van der Waals surface area contributed by atoms with Gasteiger partial charge in [-0.1, -0.05) is 67.6 Å². The Bertz CT molecular complexity index is 627. The highest BCUT2D eigenvalue weighted by Gasteiger charge is 2.38. The van der Waals surface area contributed by atoms with Gasteiger partial charge in [0.15, 0.2) is 0 Å². The van der Waals surface area contributed by atoms with Crippen molar-refractivity contribution >= 4 is 6.09 Å². The molecular formula is C20H23NO2. The van der Waals surface area contributed by atoms with E-state index in [0.29, 0.717) is 6.61 Å². The zero-order valence-corrected chi connectivity index (χ0v) is 13.5. The molecule has 0 aromatic heterocycles. The molecule has 2 atom stereocenters. The van der Waals surface area contributed by atoms with E-state index < -0.39 is 0 Å². The Kier molecular flexibility index (Phi) is 4.96. The first-order valence-corrected chi connectivity index (χ1v) is 8.33. The molecule has 23 heavy (non-hydrogen) atoms. The molecule has 0 radical (unpaired) electrons. The van der Waals surface area contributed by atoms with Gasteiger partial charge in [0.25, 0.3) is 0 Å². The van der Waals surface area contributed by atoms with E-state index >= 15 is 0 Å². The lowest BCUT2D eigenvalue weighted by molar-refractivity contribution is 0.140. The van der Waals surface area contributed by atoms with Gasteiger partial charge in [-0.05, 0) is 30.4 Å². The van der Waals surface area contributed by atoms with E-state index in [-0.39, 0.29) is 18.2 Å².